The van der Waals surface area contributed by atoms with Gasteiger partial charge in [0, 0.05) is 0 Å². The van der Waals surface area contributed by atoms with Crippen molar-refractivity contribution in [3.8, 4) is 0 Å². The summed E-state index contributed by atoms with van der Waals surface area (Å²) in [6.45, 7) is 13.5. The summed E-state index contributed by atoms with van der Waals surface area (Å²) in [4.78, 5) is 25.2. The van der Waals surface area contributed by atoms with Gasteiger partial charge in [0.25, 0.3) is 0 Å². The van der Waals surface area contributed by atoms with E-state index in [1.165, 1.54) is 0 Å². The van der Waals surface area contributed by atoms with Crippen molar-refractivity contribution < 1.29 is 24.2 Å². The number of aliphatic hydroxyl groups excluding tert-OH is 1. The van der Waals surface area contributed by atoms with Crippen LogP contribution in [0.1, 0.15) is 66.9 Å². The largest absolute Gasteiger partial charge is 0.461 e. The monoisotopic (exact) mass is 421 g/mol. The van der Waals surface area contributed by atoms with E-state index in [4.69, 9.17) is 9.47 Å². The van der Waals surface area contributed by atoms with Gasteiger partial charge in [0.15, 0.2) is 0 Å². The maximum Gasteiger partial charge on any atom is 0.407 e. The predicted molar refractivity (Wildman–Crippen MR) is 118 cm³/mol. The maximum absolute atomic E-state index is 12.9. The van der Waals surface area contributed by atoms with Gasteiger partial charge in [-0.05, 0) is 51.0 Å². The quantitative estimate of drug-likeness (QED) is 0.535. The molecule has 0 aromatic heterocycles. The molecule has 1 rings (SSSR count). The lowest BCUT2D eigenvalue weighted by atomic mass is 9.85. The Hall–Kier alpha value is -2.08. The number of rotatable bonds is 10. The van der Waals surface area contributed by atoms with E-state index in [9.17, 15) is 14.7 Å². The summed E-state index contributed by atoms with van der Waals surface area (Å²) in [5.74, 6) is -0.818. The van der Waals surface area contributed by atoms with Crippen molar-refractivity contribution in [1.29, 1.82) is 0 Å². The molecule has 0 fully saturated rings. The summed E-state index contributed by atoms with van der Waals surface area (Å²) in [6.07, 6.45) is -0.709. The van der Waals surface area contributed by atoms with Crippen LogP contribution < -0.4 is 5.32 Å². The van der Waals surface area contributed by atoms with Gasteiger partial charge in [-0.2, -0.15) is 0 Å². The molecule has 0 aliphatic heterocycles. The molecule has 1 aromatic rings. The van der Waals surface area contributed by atoms with Crippen molar-refractivity contribution in [2.45, 2.75) is 85.7 Å². The van der Waals surface area contributed by atoms with Gasteiger partial charge < -0.3 is 19.9 Å². The first-order chi connectivity index (χ1) is 13.9. The van der Waals surface area contributed by atoms with Gasteiger partial charge >= 0.3 is 12.1 Å². The third-order valence-corrected chi connectivity index (χ3v) is 4.50. The van der Waals surface area contributed by atoms with Gasteiger partial charge in [0.1, 0.15) is 12.2 Å². The molecule has 3 atom stereocenters. The Morgan fingerprint density at radius 3 is 2.07 bits per heavy atom. The number of esters is 1. The first-order valence-corrected chi connectivity index (χ1v) is 10.8. The van der Waals surface area contributed by atoms with Crippen LogP contribution in [0, 0.1) is 17.8 Å². The van der Waals surface area contributed by atoms with E-state index in [0.29, 0.717) is 12.8 Å². The number of amides is 1. The molecule has 30 heavy (non-hydrogen) atoms. The van der Waals surface area contributed by atoms with Crippen LogP contribution in [-0.2, 0) is 20.9 Å². The van der Waals surface area contributed by atoms with Crippen molar-refractivity contribution in [3.63, 3.8) is 0 Å². The van der Waals surface area contributed by atoms with Crippen LogP contribution in [0.25, 0.3) is 0 Å². The lowest BCUT2D eigenvalue weighted by molar-refractivity contribution is -0.155. The van der Waals surface area contributed by atoms with Gasteiger partial charge in [-0.1, -0.05) is 58.0 Å². The van der Waals surface area contributed by atoms with Crippen LogP contribution in [0.3, 0.4) is 0 Å². The fourth-order valence-corrected chi connectivity index (χ4v) is 3.25. The van der Waals surface area contributed by atoms with Gasteiger partial charge in [-0.3, -0.25) is 4.79 Å². The molecule has 0 aliphatic carbocycles. The number of benzene rings is 1. The first kappa shape index (κ1) is 26.0. The molecule has 0 heterocycles. The Bertz CT molecular complexity index is 651. The highest BCUT2D eigenvalue weighted by atomic mass is 16.6. The molecule has 0 saturated carbocycles. The average molecular weight is 422 g/mol. The Morgan fingerprint density at radius 1 is 1.00 bits per heavy atom. The fourth-order valence-electron chi connectivity index (χ4n) is 3.25. The Morgan fingerprint density at radius 2 is 1.57 bits per heavy atom. The molecule has 0 unspecified atom stereocenters. The Kier molecular flexibility index (Phi) is 10.3. The normalized spacial score (nSPS) is 14.9. The molecular weight excluding hydrogens is 382 g/mol. The standard InChI is InChI=1S/C24H39NO5/c1-16(2)13-19(22(27)29-15-18-11-9-8-10-12-18)21(26)20(14-17(3)4)25-23(28)30-24(5,6)7/h8-12,16-17,19-21,26H,13-15H2,1-7H3,(H,25,28)/t19-,20+,21+/m1/s1. The van der Waals surface area contributed by atoms with E-state index in [1.807, 2.05) is 58.0 Å². The predicted octanol–water partition coefficient (Wildman–Crippen LogP) is 4.69. The fraction of sp³-hybridized carbons (Fsp3) is 0.667. The molecule has 0 saturated heterocycles. The second kappa shape index (κ2) is 11.9. The van der Waals surface area contributed by atoms with Gasteiger partial charge in [-0.25, -0.2) is 4.79 Å². The maximum atomic E-state index is 12.9. The van der Waals surface area contributed by atoms with E-state index < -0.39 is 35.7 Å². The Balaban J connectivity index is 2.93. The molecule has 0 aliphatic rings. The van der Waals surface area contributed by atoms with Crippen LogP contribution in [0.2, 0.25) is 0 Å². The molecule has 1 amide bonds. The summed E-state index contributed by atoms with van der Waals surface area (Å²) in [6, 6.07) is 8.81. The highest BCUT2D eigenvalue weighted by Gasteiger charge is 2.36. The molecule has 0 bridgehead atoms. The van der Waals surface area contributed by atoms with Crippen LogP contribution in [0.5, 0.6) is 0 Å². The SMILES string of the molecule is CC(C)C[C@H](NC(=O)OC(C)(C)C)[C@@H](O)[C@@H](CC(C)C)C(=O)OCc1ccccc1. The number of carbonyl (C=O) groups is 2. The summed E-state index contributed by atoms with van der Waals surface area (Å²) in [7, 11) is 0. The zero-order chi connectivity index (χ0) is 22.9. The topological polar surface area (TPSA) is 84.9 Å². The van der Waals surface area contributed by atoms with Crippen molar-refractivity contribution in [3.05, 3.63) is 35.9 Å². The number of alkyl carbamates (subject to hydrolysis) is 1. The number of carbonyl (C=O) groups excluding carboxylic acids is 2. The number of nitrogens with one attached hydrogen (secondary N) is 1. The van der Waals surface area contributed by atoms with Crippen molar-refractivity contribution in [2.75, 3.05) is 0 Å². The minimum atomic E-state index is -1.08. The zero-order valence-electron chi connectivity index (χ0n) is 19.5. The summed E-state index contributed by atoms with van der Waals surface area (Å²) in [5.41, 5.74) is 0.234. The second-order valence-electron chi connectivity index (χ2n) is 9.70. The lowest BCUT2D eigenvalue weighted by Gasteiger charge is -2.32. The number of ether oxygens (including phenoxy) is 2. The third kappa shape index (κ3) is 10.1. The molecule has 6 heteroatoms. The molecule has 2 N–H and O–H groups in total. The summed E-state index contributed by atoms with van der Waals surface area (Å²) < 4.78 is 10.9. The van der Waals surface area contributed by atoms with E-state index >= 15 is 0 Å². The molecule has 1 aromatic carbocycles. The van der Waals surface area contributed by atoms with Gasteiger partial charge in [0.05, 0.1) is 18.1 Å². The van der Waals surface area contributed by atoms with Crippen LogP contribution >= 0.6 is 0 Å². The summed E-state index contributed by atoms with van der Waals surface area (Å²) in [5, 5.41) is 13.9. The number of hydrogen-bond donors (Lipinski definition) is 2. The molecule has 6 nitrogen and oxygen atoms in total. The van der Waals surface area contributed by atoms with Crippen LogP contribution in [0.15, 0.2) is 30.3 Å². The smallest absolute Gasteiger partial charge is 0.407 e. The van der Waals surface area contributed by atoms with Crippen molar-refractivity contribution in [2.24, 2.45) is 17.8 Å². The van der Waals surface area contributed by atoms with E-state index in [-0.39, 0.29) is 18.4 Å². The zero-order valence-corrected chi connectivity index (χ0v) is 19.5. The van der Waals surface area contributed by atoms with E-state index in [2.05, 4.69) is 5.32 Å². The van der Waals surface area contributed by atoms with Crippen LogP contribution in [0.4, 0.5) is 4.79 Å². The number of hydrogen-bond acceptors (Lipinski definition) is 5. The summed E-state index contributed by atoms with van der Waals surface area (Å²) >= 11 is 0. The molecule has 170 valence electrons. The molecular formula is C24H39NO5. The van der Waals surface area contributed by atoms with Gasteiger partial charge in [-0.15, -0.1) is 0 Å². The molecule has 0 radical (unpaired) electrons. The third-order valence-electron chi connectivity index (χ3n) is 4.50. The average Bonchev–Trinajstić information content (AvgIpc) is 2.62. The minimum Gasteiger partial charge on any atom is -0.461 e. The van der Waals surface area contributed by atoms with Crippen LogP contribution in [-0.4, -0.2) is 34.9 Å². The Labute approximate surface area is 181 Å². The van der Waals surface area contributed by atoms with E-state index in [0.717, 1.165) is 5.56 Å². The highest BCUT2D eigenvalue weighted by molar-refractivity contribution is 5.74. The number of aliphatic hydroxyl groups is 1. The van der Waals surface area contributed by atoms with Crippen molar-refractivity contribution in [1.82, 2.24) is 5.32 Å². The first-order valence-electron chi connectivity index (χ1n) is 10.8. The van der Waals surface area contributed by atoms with Crippen molar-refractivity contribution >= 4 is 12.1 Å². The minimum absolute atomic E-state index is 0.148. The van der Waals surface area contributed by atoms with E-state index in [1.54, 1.807) is 20.8 Å². The second-order valence-corrected chi connectivity index (χ2v) is 9.70. The highest BCUT2D eigenvalue weighted by Crippen LogP contribution is 2.24. The van der Waals surface area contributed by atoms with Gasteiger partial charge in [0.2, 0.25) is 0 Å². The lowest BCUT2D eigenvalue weighted by Crippen LogP contribution is -2.50. The molecule has 0 spiro atoms.